The highest BCUT2D eigenvalue weighted by molar-refractivity contribution is 7.66. The molecule has 0 aliphatic heterocycles. The summed E-state index contributed by atoms with van der Waals surface area (Å²) in [7, 11) is 3.07. The molecule has 5 heteroatoms. The lowest BCUT2D eigenvalue weighted by Gasteiger charge is -2.12. The Labute approximate surface area is 160 Å². The summed E-state index contributed by atoms with van der Waals surface area (Å²) in [6, 6.07) is 22.9. The highest BCUT2D eigenvalue weighted by Crippen LogP contribution is 2.33. The molecule has 3 rings (SSSR count). The summed E-state index contributed by atoms with van der Waals surface area (Å²) in [5.74, 6) is 1.82. The van der Waals surface area contributed by atoms with Gasteiger partial charge in [-0.1, -0.05) is 48.5 Å². The molecule has 0 amide bonds. The van der Waals surface area contributed by atoms with Crippen molar-refractivity contribution in [3.8, 4) is 17.2 Å². The summed E-state index contributed by atoms with van der Waals surface area (Å²) >= 11 is 0. The Morgan fingerprint density at radius 3 is 2.04 bits per heavy atom. The number of ether oxygens (including phenoxy) is 3. The average Bonchev–Trinajstić information content (AvgIpc) is 2.73. The quantitative estimate of drug-likeness (QED) is 0.543. The second-order valence-electron chi connectivity index (χ2n) is 5.79. The van der Waals surface area contributed by atoms with Crippen molar-refractivity contribution in [1.82, 2.24) is 0 Å². The predicted octanol–water partition coefficient (Wildman–Crippen LogP) is 4.43. The minimum atomic E-state index is -0.0287. The normalized spacial score (nSPS) is 10.7. The van der Waals surface area contributed by atoms with Crippen LogP contribution in [0, 0.1) is 0 Å². The van der Waals surface area contributed by atoms with Crippen LogP contribution in [0.15, 0.2) is 72.8 Å². The van der Waals surface area contributed by atoms with Gasteiger partial charge in [0.1, 0.15) is 29.4 Å². The van der Waals surface area contributed by atoms with Crippen LogP contribution in [0.1, 0.15) is 15.9 Å². The van der Waals surface area contributed by atoms with Crippen LogP contribution < -0.4 is 19.5 Å². The maximum absolute atomic E-state index is 12.8. The first-order chi connectivity index (χ1) is 13.2. The van der Waals surface area contributed by atoms with Crippen molar-refractivity contribution in [1.29, 1.82) is 0 Å². The number of benzene rings is 3. The van der Waals surface area contributed by atoms with E-state index in [1.807, 2.05) is 54.6 Å². The number of carbonyl (C=O) groups excluding carboxylic acids is 1. The van der Waals surface area contributed by atoms with Crippen molar-refractivity contribution >= 4 is 19.4 Å². The number of methoxy groups -OCH3 is 2. The van der Waals surface area contributed by atoms with E-state index >= 15 is 0 Å². The molecule has 27 heavy (non-hydrogen) atoms. The maximum Gasteiger partial charge on any atom is 0.193 e. The van der Waals surface area contributed by atoms with Gasteiger partial charge >= 0.3 is 0 Å². The lowest BCUT2D eigenvalue weighted by atomic mass is 10.2. The molecule has 0 saturated heterocycles. The second-order valence-corrected chi connectivity index (χ2v) is 7.07. The fourth-order valence-corrected chi connectivity index (χ4v) is 3.61. The van der Waals surface area contributed by atoms with Crippen LogP contribution >= 0.6 is 8.58 Å². The average molecular weight is 380 g/mol. The zero-order chi connectivity index (χ0) is 19.1. The van der Waals surface area contributed by atoms with E-state index < -0.39 is 0 Å². The molecule has 3 aromatic rings. The lowest BCUT2D eigenvalue weighted by Crippen LogP contribution is -2.05. The molecule has 0 aliphatic rings. The van der Waals surface area contributed by atoms with Gasteiger partial charge in [0.15, 0.2) is 5.52 Å². The minimum absolute atomic E-state index is 0.0257. The third-order valence-corrected chi connectivity index (χ3v) is 5.11. The summed E-state index contributed by atoms with van der Waals surface area (Å²) in [5.41, 5.74) is 1.56. The van der Waals surface area contributed by atoms with E-state index in [1.54, 1.807) is 32.4 Å². The third kappa shape index (κ3) is 4.87. The van der Waals surface area contributed by atoms with Crippen LogP contribution in [0.2, 0.25) is 0 Å². The van der Waals surface area contributed by atoms with E-state index in [9.17, 15) is 4.79 Å². The highest BCUT2D eigenvalue weighted by Gasteiger charge is 2.18. The Kier molecular flexibility index (Phi) is 6.45. The third-order valence-electron chi connectivity index (χ3n) is 4.02. The van der Waals surface area contributed by atoms with Crippen LogP contribution in [0.3, 0.4) is 0 Å². The molecule has 0 heterocycles. The Morgan fingerprint density at radius 2 is 1.44 bits per heavy atom. The molecule has 0 N–H and O–H groups in total. The van der Waals surface area contributed by atoms with Crippen LogP contribution in [0.5, 0.6) is 17.2 Å². The largest absolute Gasteiger partial charge is 0.496 e. The molecule has 0 fully saturated rings. The SMILES string of the molecule is COc1cccc(OC)c1C(=O)Pc1ccc(OCc2ccccc2)cc1. The van der Waals surface area contributed by atoms with Crippen LogP contribution in [0.25, 0.3) is 0 Å². The van der Waals surface area contributed by atoms with Gasteiger partial charge in [-0.15, -0.1) is 0 Å². The Bertz CT molecular complexity index is 870. The van der Waals surface area contributed by atoms with Gasteiger partial charge in [0.2, 0.25) is 0 Å². The Hall–Kier alpha value is -2.84. The van der Waals surface area contributed by atoms with Gasteiger partial charge in [-0.3, -0.25) is 4.79 Å². The van der Waals surface area contributed by atoms with Crippen molar-refractivity contribution in [3.63, 3.8) is 0 Å². The van der Waals surface area contributed by atoms with E-state index in [-0.39, 0.29) is 14.1 Å². The monoisotopic (exact) mass is 380 g/mol. The molecule has 1 unspecified atom stereocenters. The second kappa shape index (κ2) is 9.20. The predicted molar refractivity (Wildman–Crippen MR) is 109 cm³/mol. The summed E-state index contributed by atoms with van der Waals surface area (Å²) in [6.45, 7) is 0.514. The molecule has 0 aromatic heterocycles. The first kappa shape index (κ1) is 18.9. The molecule has 0 bridgehead atoms. The molecule has 138 valence electrons. The number of hydrogen-bond donors (Lipinski definition) is 0. The highest BCUT2D eigenvalue weighted by atomic mass is 31.1. The topological polar surface area (TPSA) is 44.8 Å². The smallest absolute Gasteiger partial charge is 0.193 e. The number of carbonyl (C=O) groups is 1. The fourth-order valence-electron chi connectivity index (χ4n) is 2.64. The summed E-state index contributed by atoms with van der Waals surface area (Å²) in [4.78, 5) is 12.8. The first-order valence-electron chi connectivity index (χ1n) is 8.50. The van der Waals surface area contributed by atoms with Crippen LogP contribution in [-0.4, -0.2) is 19.7 Å². The van der Waals surface area contributed by atoms with E-state index in [0.717, 1.165) is 16.6 Å². The molecule has 0 saturated carbocycles. The lowest BCUT2D eigenvalue weighted by molar-refractivity contribution is 0.108. The van der Waals surface area contributed by atoms with E-state index in [2.05, 4.69) is 0 Å². The molecule has 3 aromatic carbocycles. The zero-order valence-electron chi connectivity index (χ0n) is 15.3. The zero-order valence-corrected chi connectivity index (χ0v) is 16.3. The standard InChI is InChI=1S/C22H21O4P/c1-24-19-9-6-10-20(25-2)21(19)22(23)27-18-13-11-17(12-14-18)26-15-16-7-4-3-5-8-16/h3-14,27H,15H2,1-2H3. The van der Waals surface area contributed by atoms with Crippen molar-refractivity contribution in [2.75, 3.05) is 14.2 Å². The fraction of sp³-hybridized carbons (Fsp3) is 0.136. The Morgan fingerprint density at radius 1 is 0.815 bits per heavy atom. The molecule has 0 aliphatic carbocycles. The van der Waals surface area contributed by atoms with E-state index in [0.29, 0.717) is 23.7 Å². The summed E-state index contributed by atoms with van der Waals surface area (Å²) in [5, 5.41) is 0.931. The summed E-state index contributed by atoms with van der Waals surface area (Å²) < 4.78 is 16.4. The molecule has 0 spiro atoms. The number of rotatable bonds is 8. The van der Waals surface area contributed by atoms with Gasteiger partial charge in [0, 0.05) is 0 Å². The van der Waals surface area contributed by atoms with Gasteiger partial charge in [0.25, 0.3) is 0 Å². The van der Waals surface area contributed by atoms with Crippen molar-refractivity contribution < 1.29 is 19.0 Å². The van der Waals surface area contributed by atoms with Crippen LogP contribution in [0.4, 0.5) is 0 Å². The molecular formula is C22H21O4P. The van der Waals surface area contributed by atoms with Crippen molar-refractivity contribution in [2.45, 2.75) is 6.61 Å². The van der Waals surface area contributed by atoms with Gasteiger partial charge in [-0.2, -0.15) is 0 Å². The van der Waals surface area contributed by atoms with Gasteiger partial charge in [-0.25, -0.2) is 0 Å². The first-order valence-corrected chi connectivity index (χ1v) is 9.50. The minimum Gasteiger partial charge on any atom is -0.496 e. The van der Waals surface area contributed by atoms with Crippen molar-refractivity contribution in [2.24, 2.45) is 0 Å². The van der Waals surface area contributed by atoms with Gasteiger partial charge in [0.05, 0.1) is 14.2 Å². The number of hydrogen-bond acceptors (Lipinski definition) is 4. The van der Waals surface area contributed by atoms with Crippen LogP contribution in [-0.2, 0) is 6.61 Å². The van der Waals surface area contributed by atoms with Crippen molar-refractivity contribution in [3.05, 3.63) is 83.9 Å². The molecule has 4 nitrogen and oxygen atoms in total. The molecular weight excluding hydrogens is 359 g/mol. The van der Waals surface area contributed by atoms with E-state index in [4.69, 9.17) is 14.2 Å². The molecule has 0 radical (unpaired) electrons. The summed E-state index contributed by atoms with van der Waals surface area (Å²) in [6.07, 6.45) is 0. The Balaban J connectivity index is 1.67. The maximum atomic E-state index is 12.8. The van der Waals surface area contributed by atoms with E-state index in [1.165, 1.54) is 0 Å². The molecule has 1 atom stereocenters. The van der Waals surface area contributed by atoms with Gasteiger partial charge in [-0.05, 0) is 43.7 Å². The van der Waals surface area contributed by atoms with Gasteiger partial charge < -0.3 is 14.2 Å².